The van der Waals surface area contributed by atoms with Crippen LogP contribution in [0.2, 0.25) is 0 Å². The van der Waals surface area contributed by atoms with Crippen molar-refractivity contribution in [3.05, 3.63) is 30.1 Å². The molecule has 2 amide bonds. The molecular weight excluding hydrogens is 361 g/mol. The molecule has 146 valence electrons. The summed E-state index contributed by atoms with van der Waals surface area (Å²) >= 11 is 0. The Labute approximate surface area is 159 Å². The van der Waals surface area contributed by atoms with Gasteiger partial charge in [-0.25, -0.2) is 4.39 Å². The lowest BCUT2D eigenvalue weighted by atomic mass is 9.96. The average Bonchev–Trinajstić information content (AvgIpc) is 2.64. The molecule has 0 spiro atoms. The highest BCUT2D eigenvalue weighted by molar-refractivity contribution is 5.85. The molecule has 6 nitrogen and oxygen atoms in total. The van der Waals surface area contributed by atoms with E-state index in [-0.39, 0.29) is 42.5 Å². The number of amides is 2. The summed E-state index contributed by atoms with van der Waals surface area (Å²) in [7, 11) is 0. The van der Waals surface area contributed by atoms with Crippen molar-refractivity contribution in [2.75, 3.05) is 32.8 Å². The van der Waals surface area contributed by atoms with Gasteiger partial charge in [0, 0.05) is 32.6 Å². The Hall–Kier alpha value is -1.86. The average molecular weight is 388 g/mol. The number of carbonyl (C=O) groups excluding carboxylic acids is 2. The van der Waals surface area contributed by atoms with Gasteiger partial charge in [0.2, 0.25) is 11.8 Å². The van der Waals surface area contributed by atoms with Crippen LogP contribution in [0.4, 0.5) is 4.39 Å². The lowest BCUT2D eigenvalue weighted by Gasteiger charge is -2.32. The predicted molar refractivity (Wildman–Crippen MR) is 99.7 cm³/mol. The molecule has 1 atom stereocenters. The zero-order valence-electron chi connectivity index (χ0n) is 14.8. The van der Waals surface area contributed by atoms with Crippen LogP contribution in [0.1, 0.15) is 25.7 Å². The summed E-state index contributed by atoms with van der Waals surface area (Å²) < 4.78 is 18.8. The van der Waals surface area contributed by atoms with Crippen molar-refractivity contribution >= 4 is 24.2 Å². The third-order valence-corrected chi connectivity index (χ3v) is 4.22. The minimum absolute atomic E-state index is 0. The van der Waals surface area contributed by atoms with Crippen LogP contribution in [0, 0.1) is 11.7 Å². The topological polar surface area (TPSA) is 84.7 Å². The van der Waals surface area contributed by atoms with Crippen molar-refractivity contribution in [3.63, 3.8) is 0 Å². The maximum absolute atomic E-state index is 13.4. The molecule has 1 unspecified atom stereocenters. The lowest BCUT2D eigenvalue weighted by Crippen LogP contribution is -2.46. The number of halogens is 2. The van der Waals surface area contributed by atoms with E-state index in [9.17, 15) is 14.0 Å². The summed E-state index contributed by atoms with van der Waals surface area (Å²) in [6.45, 7) is 2.26. The Kier molecular flexibility index (Phi) is 9.98. The van der Waals surface area contributed by atoms with Gasteiger partial charge in [0.25, 0.3) is 0 Å². The van der Waals surface area contributed by atoms with Crippen LogP contribution in [0.25, 0.3) is 0 Å². The van der Waals surface area contributed by atoms with Gasteiger partial charge in [-0.2, -0.15) is 0 Å². The van der Waals surface area contributed by atoms with Gasteiger partial charge in [-0.1, -0.05) is 12.1 Å². The van der Waals surface area contributed by atoms with Crippen molar-refractivity contribution in [1.29, 1.82) is 0 Å². The molecule has 0 radical (unpaired) electrons. The second-order valence-corrected chi connectivity index (χ2v) is 6.14. The van der Waals surface area contributed by atoms with E-state index in [4.69, 9.17) is 10.5 Å². The van der Waals surface area contributed by atoms with Gasteiger partial charge in [0.05, 0.1) is 12.5 Å². The summed E-state index contributed by atoms with van der Waals surface area (Å²) in [6.07, 6.45) is 2.44. The Bertz CT molecular complexity index is 589. The SMILES string of the molecule is Cl.NCCNC(=O)C1CCCN(C(=O)CCCOc2ccccc2F)C1. The molecule has 1 aromatic carbocycles. The smallest absolute Gasteiger partial charge is 0.224 e. The van der Waals surface area contributed by atoms with E-state index >= 15 is 0 Å². The highest BCUT2D eigenvalue weighted by atomic mass is 35.5. The fraction of sp³-hybridized carbons (Fsp3) is 0.556. The molecule has 1 heterocycles. The molecule has 1 aliphatic heterocycles. The van der Waals surface area contributed by atoms with Crippen LogP contribution in [0.3, 0.4) is 0 Å². The summed E-state index contributed by atoms with van der Waals surface area (Å²) in [6, 6.07) is 6.20. The number of para-hydroxylation sites is 1. The van der Waals surface area contributed by atoms with Gasteiger partial charge in [-0.15, -0.1) is 12.4 Å². The fourth-order valence-electron chi connectivity index (χ4n) is 2.88. The number of likely N-dealkylation sites (tertiary alicyclic amines) is 1. The van der Waals surface area contributed by atoms with Crippen molar-refractivity contribution in [2.45, 2.75) is 25.7 Å². The molecular formula is C18H27ClFN3O3. The summed E-state index contributed by atoms with van der Waals surface area (Å²) in [4.78, 5) is 26.1. The van der Waals surface area contributed by atoms with Gasteiger partial charge in [-0.05, 0) is 31.4 Å². The minimum Gasteiger partial charge on any atom is -0.491 e. The van der Waals surface area contributed by atoms with Crippen LogP contribution in [-0.2, 0) is 9.59 Å². The van der Waals surface area contributed by atoms with E-state index in [0.717, 1.165) is 12.8 Å². The Morgan fingerprint density at radius 2 is 2.12 bits per heavy atom. The summed E-state index contributed by atoms with van der Waals surface area (Å²) in [5.41, 5.74) is 5.39. The highest BCUT2D eigenvalue weighted by Crippen LogP contribution is 2.18. The normalized spacial score (nSPS) is 16.5. The molecule has 1 saturated heterocycles. The van der Waals surface area contributed by atoms with E-state index in [1.807, 2.05) is 0 Å². The molecule has 8 heteroatoms. The number of nitrogens with zero attached hydrogens (tertiary/aromatic N) is 1. The second-order valence-electron chi connectivity index (χ2n) is 6.14. The first-order valence-electron chi connectivity index (χ1n) is 8.74. The monoisotopic (exact) mass is 387 g/mol. The van der Waals surface area contributed by atoms with Crippen LogP contribution < -0.4 is 15.8 Å². The van der Waals surface area contributed by atoms with Crippen LogP contribution in [0.15, 0.2) is 24.3 Å². The standard InChI is InChI=1S/C18H26FN3O3.ClH/c19-15-6-1-2-7-16(15)25-12-4-8-17(23)22-11-3-5-14(13-22)18(24)21-10-9-20;/h1-2,6-7,14H,3-5,8-13,20H2,(H,21,24);1H. The third-order valence-electron chi connectivity index (χ3n) is 4.22. The van der Waals surface area contributed by atoms with Gasteiger partial charge >= 0.3 is 0 Å². The molecule has 1 aromatic rings. The predicted octanol–water partition coefficient (Wildman–Crippen LogP) is 1.72. The quantitative estimate of drug-likeness (QED) is 0.665. The van der Waals surface area contributed by atoms with E-state index in [2.05, 4.69) is 5.32 Å². The first kappa shape index (κ1) is 22.2. The van der Waals surface area contributed by atoms with Gasteiger partial charge < -0.3 is 20.7 Å². The number of benzene rings is 1. The molecule has 0 aliphatic carbocycles. The Morgan fingerprint density at radius 1 is 1.35 bits per heavy atom. The van der Waals surface area contributed by atoms with Crippen molar-refractivity contribution in [2.24, 2.45) is 11.7 Å². The molecule has 1 fully saturated rings. The zero-order valence-corrected chi connectivity index (χ0v) is 15.6. The van der Waals surface area contributed by atoms with Crippen LogP contribution in [-0.4, -0.2) is 49.5 Å². The second kappa shape index (κ2) is 11.7. The Balaban J connectivity index is 0.00000338. The maximum Gasteiger partial charge on any atom is 0.224 e. The van der Waals surface area contributed by atoms with E-state index in [1.165, 1.54) is 6.07 Å². The minimum atomic E-state index is -0.406. The lowest BCUT2D eigenvalue weighted by molar-refractivity contribution is -0.135. The van der Waals surface area contributed by atoms with Gasteiger partial charge in [0.15, 0.2) is 11.6 Å². The van der Waals surface area contributed by atoms with E-state index in [1.54, 1.807) is 23.1 Å². The number of carbonyl (C=O) groups is 2. The first-order valence-corrected chi connectivity index (χ1v) is 8.74. The number of rotatable bonds is 8. The molecule has 1 aliphatic rings. The molecule has 0 saturated carbocycles. The van der Waals surface area contributed by atoms with Crippen molar-refractivity contribution < 1.29 is 18.7 Å². The number of piperidine rings is 1. The summed E-state index contributed by atoms with van der Waals surface area (Å²) in [5, 5.41) is 2.78. The molecule has 3 N–H and O–H groups in total. The maximum atomic E-state index is 13.4. The summed E-state index contributed by atoms with van der Waals surface area (Å²) in [5.74, 6) is -0.404. The molecule has 0 aromatic heterocycles. The number of hydrogen-bond donors (Lipinski definition) is 2. The van der Waals surface area contributed by atoms with Crippen molar-refractivity contribution in [1.82, 2.24) is 10.2 Å². The first-order chi connectivity index (χ1) is 12.1. The Morgan fingerprint density at radius 3 is 2.85 bits per heavy atom. The number of ether oxygens (including phenoxy) is 1. The van der Waals surface area contributed by atoms with Crippen LogP contribution in [0.5, 0.6) is 5.75 Å². The number of nitrogens with one attached hydrogen (secondary N) is 1. The largest absolute Gasteiger partial charge is 0.491 e. The van der Waals surface area contributed by atoms with E-state index in [0.29, 0.717) is 39.0 Å². The number of nitrogens with two attached hydrogens (primary N) is 1. The third kappa shape index (κ3) is 6.80. The zero-order chi connectivity index (χ0) is 18.1. The number of hydrogen-bond acceptors (Lipinski definition) is 4. The van der Waals surface area contributed by atoms with Crippen LogP contribution >= 0.6 is 12.4 Å². The van der Waals surface area contributed by atoms with Gasteiger partial charge in [-0.3, -0.25) is 9.59 Å². The molecule has 2 rings (SSSR count). The highest BCUT2D eigenvalue weighted by Gasteiger charge is 2.27. The van der Waals surface area contributed by atoms with Crippen molar-refractivity contribution in [3.8, 4) is 5.75 Å². The fourth-order valence-corrected chi connectivity index (χ4v) is 2.88. The van der Waals surface area contributed by atoms with Gasteiger partial charge in [0.1, 0.15) is 0 Å². The molecule has 0 bridgehead atoms. The molecule has 26 heavy (non-hydrogen) atoms. The van der Waals surface area contributed by atoms with E-state index < -0.39 is 5.82 Å².